The van der Waals surface area contributed by atoms with Gasteiger partial charge in [0, 0.05) is 47.1 Å². The van der Waals surface area contributed by atoms with Crippen LogP contribution in [0.4, 0.5) is 17.1 Å². The zero-order valence-corrected chi connectivity index (χ0v) is 23.2. The average molecular weight is 594 g/mol. The smallest absolute Gasteiger partial charge is 0.272 e. The normalized spacial score (nSPS) is 14.8. The number of anilines is 2. The molecule has 11 nitrogen and oxygen atoms in total. The van der Waals surface area contributed by atoms with Gasteiger partial charge in [-0.05, 0) is 60.2 Å². The van der Waals surface area contributed by atoms with Gasteiger partial charge >= 0.3 is 0 Å². The van der Waals surface area contributed by atoms with Crippen molar-refractivity contribution in [3.05, 3.63) is 130 Å². The van der Waals surface area contributed by atoms with E-state index in [2.05, 4.69) is 15.6 Å². The molecule has 1 fully saturated rings. The highest BCUT2D eigenvalue weighted by Crippen LogP contribution is 2.35. The van der Waals surface area contributed by atoms with Gasteiger partial charge in [-0.25, -0.2) is 4.90 Å². The van der Waals surface area contributed by atoms with E-state index in [9.17, 15) is 29.3 Å². The predicted octanol–water partition coefficient (Wildman–Crippen LogP) is 4.82. The second kappa shape index (κ2) is 12.9. The molecule has 12 heteroatoms. The predicted molar refractivity (Wildman–Crippen MR) is 161 cm³/mol. The summed E-state index contributed by atoms with van der Waals surface area (Å²) < 4.78 is 0. The van der Waals surface area contributed by atoms with Crippen molar-refractivity contribution in [2.45, 2.75) is 16.6 Å². The zero-order chi connectivity index (χ0) is 30.3. The van der Waals surface area contributed by atoms with Gasteiger partial charge < -0.3 is 10.6 Å². The van der Waals surface area contributed by atoms with Crippen LogP contribution in [0.15, 0.2) is 114 Å². The van der Waals surface area contributed by atoms with Crippen molar-refractivity contribution >= 4 is 58.5 Å². The molecule has 1 atom stereocenters. The summed E-state index contributed by atoms with van der Waals surface area (Å²) >= 11 is 1.17. The lowest BCUT2D eigenvalue weighted by Gasteiger charge is -2.15. The van der Waals surface area contributed by atoms with E-state index >= 15 is 0 Å². The van der Waals surface area contributed by atoms with Crippen LogP contribution >= 0.6 is 11.8 Å². The number of thioether (sulfide) groups is 1. The molecule has 1 aromatic heterocycles. The number of nitrogens with zero attached hydrogens (tertiary/aromatic N) is 3. The number of nitrogens with one attached hydrogen (secondary N) is 2. The molecule has 0 radical (unpaired) electrons. The van der Waals surface area contributed by atoms with Crippen LogP contribution in [0.5, 0.6) is 0 Å². The van der Waals surface area contributed by atoms with E-state index in [1.54, 1.807) is 79.1 Å². The molecule has 214 valence electrons. The van der Waals surface area contributed by atoms with Gasteiger partial charge in [0.2, 0.25) is 11.8 Å². The first-order valence-corrected chi connectivity index (χ1v) is 13.8. The van der Waals surface area contributed by atoms with Crippen molar-refractivity contribution < 1.29 is 24.1 Å². The first-order chi connectivity index (χ1) is 20.8. The van der Waals surface area contributed by atoms with Crippen LogP contribution in [0.25, 0.3) is 6.08 Å². The summed E-state index contributed by atoms with van der Waals surface area (Å²) in [5.41, 5.74) is 1.50. The molecule has 0 saturated carbocycles. The van der Waals surface area contributed by atoms with Crippen molar-refractivity contribution in [3.8, 4) is 0 Å². The number of pyridine rings is 1. The summed E-state index contributed by atoms with van der Waals surface area (Å²) in [5.74, 6) is -1.90. The van der Waals surface area contributed by atoms with E-state index in [0.29, 0.717) is 21.7 Å². The van der Waals surface area contributed by atoms with Gasteiger partial charge in [0.05, 0.1) is 15.9 Å². The molecule has 0 aliphatic carbocycles. The minimum absolute atomic E-state index is 0.00443. The molecule has 4 amide bonds. The maximum absolute atomic E-state index is 13.3. The first-order valence-electron chi connectivity index (χ1n) is 13.0. The largest absolute Gasteiger partial charge is 0.321 e. The van der Waals surface area contributed by atoms with Gasteiger partial charge in [-0.1, -0.05) is 30.3 Å². The Morgan fingerprint density at radius 3 is 2.44 bits per heavy atom. The highest BCUT2D eigenvalue weighted by atomic mass is 32.2. The average Bonchev–Trinajstić information content (AvgIpc) is 3.29. The first kappa shape index (κ1) is 28.9. The minimum Gasteiger partial charge on any atom is -0.321 e. The summed E-state index contributed by atoms with van der Waals surface area (Å²) in [6.07, 6.45) is 4.60. The van der Waals surface area contributed by atoms with Crippen LogP contribution in [0.3, 0.4) is 0 Å². The van der Waals surface area contributed by atoms with Crippen LogP contribution in [0, 0.1) is 10.1 Å². The van der Waals surface area contributed by atoms with Gasteiger partial charge in [0.25, 0.3) is 17.5 Å². The number of carbonyl (C=O) groups is 4. The van der Waals surface area contributed by atoms with Gasteiger partial charge in [0.1, 0.15) is 5.70 Å². The number of amides is 4. The molecule has 1 saturated heterocycles. The van der Waals surface area contributed by atoms with Crippen molar-refractivity contribution in [3.63, 3.8) is 0 Å². The summed E-state index contributed by atoms with van der Waals surface area (Å²) in [7, 11) is 0. The fourth-order valence-electron chi connectivity index (χ4n) is 4.27. The highest BCUT2D eigenvalue weighted by molar-refractivity contribution is 8.00. The number of imide groups is 1. The summed E-state index contributed by atoms with van der Waals surface area (Å²) in [6, 6.07) is 23.9. The standard InChI is InChI=1S/C31H23N5O6S/c37-28-18-27(31(40)35(28)23-11-13-24(14-12-23)36(41)42)43-25-10-4-9-22(17-25)33-30(39)26(16-20-6-5-15-32-19-20)34-29(38)21-7-2-1-3-8-21/h1-17,19,27H,18H2,(H,33,39)(H,34,38)/b26-16-/t27-/m0/s1. The Kier molecular flexibility index (Phi) is 8.68. The van der Waals surface area contributed by atoms with Gasteiger partial charge in [0.15, 0.2) is 0 Å². The number of nitro benzene ring substituents is 1. The number of rotatable bonds is 9. The third-order valence-corrected chi connectivity index (χ3v) is 7.50. The Hall–Kier alpha value is -5.62. The number of benzene rings is 3. The van der Waals surface area contributed by atoms with E-state index in [4.69, 9.17) is 0 Å². The van der Waals surface area contributed by atoms with Crippen LogP contribution in [0.1, 0.15) is 22.3 Å². The molecule has 3 aromatic carbocycles. The minimum atomic E-state index is -0.722. The molecule has 5 rings (SSSR count). The van der Waals surface area contributed by atoms with Gasteiger partial charge in [-0.3, -0.25) is 34.3 Å². The fraction of sp³-hybridized carbons (Fsp3) is 0.0645. The lowest BCUT2D eigenvalue weighted by molar-refractivity contribution is -0.384. The Balaban J connectivity index is 1.30. The lowest BCUT2D eigenvalue weighted by Crippen LogP contribution is -2.31. The van der Waals surface area contributed by atoms with E-state index < -0.39 is 33.8 Å². The van der Waals surface area contributed by atoms with Crippen molar-refractivity contribution in [1.29, 1.82) is 0 Å². The summed E-state index contributed by atoms with van der Waals surface area (Å²) in [6.45, 7) is 0. The molecule has 2 heterocycles. The molecule has 43 heavy (non-hydrogen) atoms. The quantitative estimate of drug-likeness (QED) is 0.121. The van der Waals surface area contributed by atoms with Crippen LogP contribution < -0.4 is 15.5 Å². The number of carbonyl (C=O) groups excluding carboxylic acids is 4. The lowest BCUT2D eigenvalue weighted by atomic mass is 10.2. The van der Waals surface area contributed by atoms with Gasteiger partial charge in [-0.2, -0.15) is 0 Å². The Labute approximate surface area is 249 Å². The Bertz CT molecular complexity index is 1730. The van der Waals surface area contributed by atoms with E-state index in [-0.39, 0.29) is 23.5 Å². The molecule has 0 bridgehead atoms. The molecule has 2 N–H and O–H groups in total. The van der Waals surface area contributed by atoms with Crippen LogP contribution in [-0.2, 0) is 14.4 Å². The third-order valence-electron chi connectivity index (χ3n) is 6.32. The van der Waals surface area contributed by atoms with Crippen LogP contribution in [-0.4, -0.2) is 38.8 Å². The maximum Gasteiger partial charge on any atom is 0.272 e. The summed E-state index contributed by atoms with van der Waals surface area (Å²) in [4.78, 5) is 68.1. The highest BCUT2D eigenvalue weighted by Gasteiger charge is 2.40. The number of hydrogen-bond acceptors (Lipinski definition) is 8. The molecule has 1 aliphatic rings. The van der Waals surface area contributed by atoms with Crippen molar-refractivity contribution in [2.24, 2.45) is 0 Å². The molecular formula is C31H23N5O6S. The number of nitro groups is 1. The van der Waals surface area contributed by atoms with E-state index in [1.165, 1.54) is 42.1 Å². The van der Waals surface area contributed by atoms with Crippen molar-refractivity contribution in [2.75, 3.05) is 10.2 Å². The fourth-order valence-corrected chi connectivity index (χ4v) is 5.38. The molecular weight excluding hydrogens is 570 g/mol. The van der Waals surface area contributed by atoms with Crippen LogP contribution in [0.2, 0.25) is 0 Å². The summed E-state index contributed by atoms with van der Waals surface area (Å²) in [5, 5.41) is 15.7. The Morgan fingerprint density at radius 1 is 0.977 bits per heavy atom. The second-order valence-electron chi connectivity index (χ2n) is 9.30. The molecule has 4 aromatic rings. The zero-order valence-electron chi connectivity index (χ0n) is 22.4. The maximum atomic E-state index is 13.3. The van der Waals surface area contributed by atoms with E-state index in [1.807, 2.05) is 0 Å². The number of aromatic nitrogens is 1. The van der Waals surface area contributed by atoms with Gasteiger partial charge in [-0.15, -0.1) is 11.8 Å². The number of hydrogen-bond donors (Lipinski definition) is 2. The molecule has 1 aliphatic heterocycles. The molecule has 0 spiro atoms. The molecule has 0 unspecified atom stereocenters. The van der Waals surface area contributed by atoms with E-state index in [0.717, 1.165) is 4.90 Å². The SMILES string of the molecule is O=C(Nc1cccc(S[C@H]2CC(=O)N(c3ccc([N+](=O)[O-])cc3)C2=O)c1)/C(=C/c1cccnc1)NC(=O)c1ccccc1. The monoisotopic (exact) mass is 593 g/mol. The Morgan fingerprint density at radius 2 is 1.74 bits per heavy atom. The third kappa shape index (κ3) is 7.00. The topological polar surface area (TPSA) is 152 Å². The second-order valence-corrected chi connectivity index (χ2v) is 10.6. The van der Waals surface area contributed by atoms with Crippen molar-refractivity contribution in [1.82, 2.24) is 10.3 Å². The number of non-ortho nitro benzene ring substituents is 1.